The summed E-state index contributed by atoms with van der Waals surface area (Å²) >= 11 is 0. The summed E-state index contributed by atoms with van der Waals surface area (Å²) in [6.07, 6.45) is 7.85. The molecule has 0 fully saturated rings. The van der Waals surface area contributed by atoms with Crippen molar-refractivity contribution in [2.45, 2.75) is 52.4 Å². The molecular formula is C14H22N2O2. The molecule has 0 aliphatic heterocycles. The second-order valence-electron chi connectivity index (χ2n) is 4.37. The smallest absolute Gasteiger partial charge is 0.240 e. The number of hydrogen-bond donors (Lipinski definition) is 1. The first-order valence-corrected chi connectivity index (χ1v) is 6.61. The summed E-state index contributed by atoms with van der Waals surface area (Å²) in [6, 6.07) is 3.61. The molecule has 100 valence electrons. The maximum atomic E-state index is 11.5. The third kappa shape index (κ3) is 5.66. The van der Waals surface area contributed by atoms with Crippen LogP contribution in [0.3, 0.4) is 0 Å². The van der Waals surface area contributed by atoms with Crippen molar-refractivity contribution in [1.29, 1.82) is 0 Å². The molecule has 1 N–H and O–H groups in total. The minimum absolute atomic E-state index is 0.0302. The van der Waals surface area contributed by atoms with Crippen LogP contribution in [0.5, 0.6) is 0 Å². The van der Waals surface area contributed by atoms with E-state index < -0.39 is 0 Å². The summed E-state index contributed by atoms with van der Waals surface area (Å²) in [4.78, 5) is 11.5. The summed E-state index contributed by atoms with van der Waals surface area (Å²) in [6.45, 7) is 3.99. The van der Waals surface area contributed by atoms with Crippen LogP contribution < -0.4 is 5.43 Å². The molecule has 0 atom stereocenters. The molecule has 0 saturated carbocycles. The first kappa shape index (κ1) is 14.5. The molecule has 0 aliphatic rings. The van der Waals surface area contributed by atoms with Gasteiger partial charge in [-0.15, -0.1) is 0 Å². The fourth-order valence-corrected chi connectivity index (χ4v) is 1.63. The highest BCUT2D eigenvalue weighted by molar-refractivity contribution is 5.96. The molecule has 0 bridgehead atoms. The van der Waals surface area contributed by atoms with Crippen LogP contribution in [0.25, 0.3) is 0 Å². The normalized spacial score (nSPS) is 11.6. The fourth-order valence-electron chi connectivity index (χ4n) is 1.63. The lowest BCUT2D eigenvalue weighted by Gasteiger charge is -2.01. The van der Waals surface area contributed by atoms with Gasteiger partial charge >= 0.3 is 0 Å². The molecular weight excluding hydrogens is 228 g/mol. The van der Waals surface area contributed by atoms with E-state index in [1.165, 1.54) is 19.3 Å². The Balaban J connectivity index is 2.18. The van der Waals surface area contributed by atoms with E-state index in [4.69, 9.17) is 4.42 Å². The van der Waals surface area contributed by atoms with Crippen LogP contribution in [0.1, 0.15) is 58.1 Å². The molecule has 18 heavy (non-hydrogen) atoms. The van der Waals surface area contributed by atoms with Crippen molar-refractivity contribution in [3.63, 3.8) is 0 Å². The Labute approximate surface area is 108 Å². The van der Waals surface area contributed by atoms with Crippen LogP contribution in [0, 0.1) is 0 Å². The number of unbranched alkanes of at least 4 members (excludes halogenated alkanes) is 4. The van der Waals surface area contributed by atoms with Gasteiger partial charge in [0.25, 0.3) is 0 Å². The van der Waals surface area contributed by atoms with Gasteiger partial charge in [-0.2, -0.15) is 5.10 Å². The summed E-state index contributed by atoms with van der Waals surface area (Å²) < 4.78 is 5.17. The van der Waals surface area contributed by atoms with Crippen LogP contribution in [-0.4, -0.2) is 11.6 Å². The molecule has 0 saturated heterocycles. The van der Waals surface area contributed by atoms with Crippen molar-refractivity contribution in [2.75, 3.05) is 0 Å². The highest BCUT2D eigenvalue weighted by Crippen LogP contribution is 2.05. The zero-order chi connectivity index (χ0) is 13.2. The summed E-state index contributed by atoms with van der Waals surface area (Å²) in [7, 11) is 0. The van der Waals surface area contributed by atoms with E-state index in [0.29, 0.717) is 17.9 Å². The van der Waals surface area contributed by atoms with E-state index in [0.717, 1.165) is 12.8 Å². The van der Waals surface area contributed by atoms with Crippen molar-refractivity contribution in [1.82, 2.24) is 5.43 Å². The van der Waals surface area contributed by atoms with Crippen molar-refractivity contribution < 1.29 is 9.21 Å². The molecule has 1 heterocycles. The Kier molecular flexibility index (Phi) is 6.84. The molecule has 1 rings (SSSR count). The fraction of sp³-hybridized carbons (Fsp3) is 0.571. The van der Waals surface area contributed by atoms with Crippen molar-refractivity contribution in [2.24, 2.45) is 5.10 Å². The minimum Gasteiger partial charge on any atom is -0.463 e. The van der Waals surface area contributed by atoms with E-state index in [-0.39, 0.29) is 5.91 Å². The Hall–Kier alpha value is -1.58. The van der Waals surface area contributed by atoms with E-state index >= 15 is 0 Å². The predicted molar refractivity (Wildman–Crippen MR) is 72.4 cm³/mol. The zero-order valence-electron chi connectivity index (χ0n) is 11.2. The lowest BCUT2D eigenvalue weighted by molar-refractivity contribution is -0.121. The molecule has 4 heteroatoms. The number of furan rings is 1. The third-order valence-electron chi connectivity index (χ3n) is 2.73. The quantitative estimate of drug-likeness (QED) is 0.436. The Morgan fingerprint density at radius 2 is 2.11 bits per heavy atom. The number of carbonyl (C=O) groups is 1. The summed E-state index contributed by atoms with van der Waals surface area (Å²) in [5.41, 5.74) is 3.23. The SMILES string of the molecule is CCCCCCCC(=O)N/N=C(\C)c1ccco1. The monoisotopic (exact) mass is 250 g/mol. The standard InChI is InChI=1S/C14H22N2O2/c1-3-4-5-6-7-10-14(17)16-15-12(2)13-9-8-11-18-13/h8-9,11H,3-7,10H2,1-2H3,(H,16,17)/b15-12+. The molecule has 0 spiro atoms. The lowest BCUT2D eigenvalue weighted by Crippen LogP contribution is -2.18. The van der Waals surface area contributed by atoms with Crippen LogP contribution in [0.4, 0.5) is 0 Å². The minimum atomic E-state index is -0.0302. The van der Waals surface area contributed by atoms with Gasteiger partial charge < -0.3 is 4.42 Å². The molecule has 0 unspecified atom stereocenters. The largest absolute Gasteiger partial charge is 0.463 e. The number of nitrogens with zero attached hydrogens (tertiary/aromatic N) is 1. The third-order valence-corrected chi connectivity index (χ3v) is 2.73. The Morgan fingerprint density at radius 3 is 2.78 bits per heavy atom. The molecule has 1 amide bonds. The maximum Gasteiger partial charge on any atom is 0.240 e. The molecule has 0 radical (unpaired) electrons. The van der Waals surface area contributed by atoms with Crippen molar-refractivity contribution >= 4 is 11.6 Å². The van der Waals surface area contributed by atoms with Gasteiger partial charge in [-0.05, 0) is 25.5 Å². The van der Waals surface area contributed by atoms with Crippen molar-refractivity contribution in [3.8, 4) is 0 Å². The predicted octanol–water partition coefficient (Wildman–Crippen LogP) is 3.48. The van der Waals surface area contributed by atoms with Gasteiger partial charge in [0.1, 0.15) is 11.5 Å². The number of rotatable bonds is 8. The molecule has 1 aromatic rings. The molecule has 0 aliphatic carbocycles. The number of nitrogens with one attached hydrogen (secondary N) is 1. The number of hydrazone groups is 1. The molecule has 4 nitrogen and oxygen atoms in total. The van der Waals surface area contributed by atoms with Gasteiger partial charge in [0, 0.05) is 6.42 Å². The lowest BCUT2D eigenvalue weighted by atomic mass is 10.1. The average molecular weight is 250 g/mol. The first-order valence-electron chi connectivity index (χ1n) is 6.61. The second-order valence-corrected chi connectivity index (χ2v) is 4.37. The van der Waals surface area contributed by atoms with E-state index in [2.05, 4.69) is 17.5 Å². The van der Waals surface area contributed by atoms with Crippen LogP contribution in [-0.2, 0) is 4.79 Å². The van der Waals surface area contributed by atoms with Gasteiger partial charge in [0.05, 0.1) is 6.26 Å². The Bertz CT molecular complexity index is 369. The maximum absolute atomic E-state index is 11.5. The number of amides is 1. The second kappa shape index (κ2) is 8.50. The van der Waals surface area contributed by atoms with E-state index in [1.54, 1.807) is 19.3 Å². The van der Waals surface area contributed by atoms with E-state index in [1.807, 2.05) is 6.07 Å². The summed E-state index contributed by atoms with van der Waals surface area (Å²) in [5.74, 6) is 0.649. The highest BCUT2D eigenvalue weighted by Gasteiger charge is 2.02. The topological polar surface area (TPSA) is 54.6 Å². The van der Waals surface area contributed by atoms with Crippen LogP contribution >= 0.6 is 0 Å². The first-order chi connectivity index (χ1) is 8.74. The zero-order valence-corrected chi connectivity index (χ0v) is 11.2. The van der Waals surface area contributed by atoms with Crippen LogP contribution in [0.2, 0.25) is 0 Å². The van der Waals surface area contributed by atoms with E-state index in [9.17, 15) is 4.79 Å². The summed E-state index contributed by atoms with van der Waals surface area (Å²) in [5, 5.41) is 4.00. The van der Waals surface area contributed by atoms with Gasteiger partial charge in [0.2, 0.25) is 5.91 Å². The van der Waals surface area contributed by atoms with Gasteiger partial charge in [-0.25, -0.2) is 5.43 Å². The highest BCUT2D eigenvalue weighted by atomic mass is 16.3. The number of hydrogen-bond acceptors (Lipinski definition) is 3. The van der Waals surface area contributed by atoms with Crippen LogP contribution in [0.15, 0.2) is 27.9 Å². The van der Waals surface area contributed by atoms with Gasteiger partial charge in [-0.3, -0.25) is 4.79 Å². The molecule has 1 aromatic heterocycles. The average Bonchev–Trinajstić information content (AvgIpc) is 2.89. The van der Waals surface area contributed by atoms with Crippen molar-refractivity contribution in [3.05, 3.63) is 24.2 Å². The van der Waals surface area contributed by atoms with Gasteiger partial charge in [0.15, 0.2) is 0 Å². The Morgan fingerprint density at radius 1 is 1.33 bits per heavy atom. The van der Waals surface area contributed by atoms with Gasteiger partial charge in [-0.1, -0.05) is 32.6 Å². The molecule has 0 aromatic carbocycles. The number of carbonyl (C=O) groups excluding carboxylic acids is 1.